The van der Waals surface area contributed by atoms with Gasteiger partial charge in [0.25, 0.3) is 0 Å². The van der Waals surface area contributed by atoms with Crippen molar-refractivity contribution in [1.29, 1.82) is 0 Å². The fourth-order valence-electron chi connectivity index (χ4n) is 2.83. The highest BCUT2D eigenvalue weighted by Gasteiger charge is 2.37. The fourth-order valence-corrected chi connectivity index (χ4v) is 2.83. The van der Waals surface area contributed by atoms with E-state index >= 15 is 0 Å². The largest absolute Gasteiger partial charge is 0.376 e. The van der Waals surface area contributed by atoms with E-state index in [0.29, 0.717) is 12.1 Å². The first-order valence-corrected chi connectivity index (χ1v) is 7.86. The van der Waals surface area contributed by atoms with Gasteiger partial charge in [0.15, 0.2) is 0 Å². The lowest BCUT2D eigenvalue weighted by atomic mass is 9.85. The van der Waals surface area contributed by atoms with Crippen LogP contribution in [-0.2, 0) is 10.2 Å². The van der Waals surface area contributed by atoms with Crippen molar-refractivity contribution in [2.45, 2.75) is 58.1 Å². The van der Waals surface area contributed by atoms with Crippen molar-refractivity contribution in [3.8, 4) is 0 Å². The Bertz CT molecular complexity index is 414. The Morgan fingerprint density at radius 3 is 2.20 bits per heavy atom. The topological polar surface area (TPSA) is 21.3 Å². The fraction of sp³-hybridized carbons (Fsp3) is 0.667. The predicted octanol–water partition coefficient (Wildman–Crippen LogP) is 4.06. The van der Waals surface area contributed by atoms with Gasteiger partial charge in [-0.25, -0.2) is 0 Å². The zero-order chi connectivity index (χ0) is 14.8. The summed E-state index contributed by atoms with van der Waals surface area (Å²) in [7, 11) is 2.04. The summed E-state index contributed by atoms with van der Waals surface area (Å²) in [5.41, 5.74) is 2.94. The zero-order valence-electron chi connectivity index (χ0n) is 13.6. The average Bonchev–Trinajstić information content (AvgIpc) is 3.22. The third-order valence-corrected chi connectivity index (χ3v) is 4.22. The van der Waals surface area contributed by atoms with Crippen LogP contribution in [0, 0.1) is 5.92 Å². The smallest absolute Gasteiger partial charge is 0.0797 e. The van der Waals surface area contributed by atoms with Gasteiger partial charge in [0, 0.05) is 6.61 Å². The van der Waals surface area contributed by atoms with E-state index in [1.54, 1.807) is 0 Å². The molecule has 2 unspecified atom stereocenters. The lowest BCUT2D eigenvalue weighted by Gasteiger charge is -2.28. The molecule has 0 heterocycles. The molecule has 0 aliphatic heterocycles. The molecule has 0 spiro atoms. The molecule has 1 N–H and O–H groups in total. The van der Waals surface area contributed by atoms with Crippen LogP contribution in [0.25, 0.3) is 0 Å². The molecule has 20 heavy (non-hydrogen) atoms. The van der Waals surface area contributed by atoms with E-state index in [9.17, 15) is 0 Å². The molecule has 0 saturated heterocycles. The predicted molar refractivity (Wildman–Crippen MR) is 85.1 cm³/mol. The molecule has 2 atom stereocenters. The molecule has 1 fully saturated rings. The summed E-state index contributed by atoms with van der Waals surface area (Å²) < 4.78 is 6.01. The number of hydrogen-bond donors (Lipinski definition) is 1. The molecule has 1 aliphatic rings. The summed E-state index contributed by atoms with van der Waals surface area (Å²) in [5, 5.41) is 3.46. The zero-order valence-corrected chi connectivity index (χ0v) is 13.6. The molecule has 112 valence electrons. The Kier molecular flexibility index (Phi) is 4.87. The van der Waals surface area contributed by atoms with Gasteiger partial charge in [0.2, 0.25) is 0 Å². The lowest BCUT2D eigenvalue weighted by Crippen LogP contribution is -2.33. The second kappa shape index (κ2) is 6.28. The maximum atomic E-state index is 6.01. The second-order valence-corrected chi connectivity index (χ2v) is 6.90. The van der Waals surface area contributed by atoms with Gasteiger partial charge in [0.05, 0.1) is 12.1 Å². The van der Waals surface area contributed by atoms with Gasteiger partial charge in [-0.2, -0.15) is 0 Å². The van der Waals surface area contributed by atoms with E-state index in [1.807, 2.05) is 7.05 Å². The Balaban J connectivity index is 2.18. The van der Waals surface area contributed by atoms with Crippen LogP contribution in [0.4, 0.5) is 0 Å². The highest BCUT2D eigenvalue weighted by atomic mass is 16.5. The van der Waals surface area contributed by atoms with Gasteiger partial charge < -0.3 is 10.1 Å². The molecule has 0 amide bonds. The van der Waals surface area contributed by atoms with Crippen molar-refractivity contribution in [2.24, 2.45) is 5.92 Å². The van der Waals surface area contributed by atoms with Crippen molar-refractivity contribution < 1.29 is 4.74 Å². The molecule has 1 aliphatic carbocycles. The standard InChI is InChI=1S/C18H29NO/c1-6-20-17(14-7-8-14)16(19-5)13-9-11-15(12-10-13)18(2,3)4/h9-12,14,16-17,19H,6-8H2,1-5H3. The van der Waals surface area contributed by atoms with Gasteiger partial charge in [-0.3, -0.25) is 0 Å². The van der Waals surface area contributed by atoms with Crippen molar-refractivity contribution in [1.82, 2.24) is 5.32 Å². The summed E-state index contributed by atoms with van der Waals surface area (Å²) in [4.78, 5) is 0. The van der Waals surface area contributed by atoms with Crippen LogP contribution in [0.15, 0.2) is 24.3 Å². The Morgan fingerprint density at radius 1 is 1.20 bits per heavy atom. The minimum absolute atomic E-state index is 0.212. The van der Waals surface area contributed by atoms with Crippen LogP contribution in [-0.4, -0.2) is 19.8 Å². The van der Waals surface area contributed by atoms with E-state index in [0.717, 1.165) is 12.5 Å². The quantitative estimate of drug-likeness (QED) is 0.845. The first-order valence-electron chi connectivity index (χ1n) is 7.86. The molecule has 1 aromatic carbocycles. The summed E-state index contributed by atoms with van der Waals surface area (Å²) in [6.45, 7) is 9.64. The minimum Gasteiger partial charge on any atom is -0.376 e. The number of hydrogen-bond acceptors (Lipinski definition) is 2. The molecule has 1 aromatic rings. The van der Waals surface area contributed by atoms with Crippen LogP contribution in [0.1, 0.15) is 57.7 Å². The van der Waals surface area contributed by atoms with Crippen molar-refractivity contribution in [2.75, 3.05) is 13.7 Å². The van der Waals surface area contributed by atoms with Crippen LogP contribution >= 0.6 is 0 Å². The van der Waals surface area contributed by atoms with Crippen LogP contribution in [0.2, 0.25) is 0 Å². The van der Waals surface area contributed by atoms with E-state index < -0.39 is 0 Å². The molecule has 0 aromatic heterocycles. The lowest BCUT2D eigenvalue weighted by molar-refractivity contribution is 0.0204. The highest BCUT2D eigenvalue weighted by molar-refractivity contribution is 5.30. The third-order valence-electron chi connectivity index (χ3n) is 4.22. The van der Waals surface area contributed by atoms with Crippen molar-refractivity contribution in [3.63, 3.8) is 0 Å². The Labute approximate surface area is 123 Å². The third kappa shape index (κ3) is 3.62. The number of ether oxygens (including phenoxy) is 1. The first-order chi connectivity index (χ1) is 9.47. The van der Waals surface area contributed by atoms with Gasteiger partial charge in [-0.1, -0.05) is 45.0 Å². The first kappa shape index (κ1) is 15.5. The van der Waals surface area contributed by atoms with E-state index in [-0.39, 0.29) is 5.41 Å². The SMILES string of the molecule is CCOC(C1CC1)C(NC)c1ccc(C(C)(C)C)cc1. The number of likely N-dealkylation sites (N-methyl/N-ethyl adjacent to an activating group) is 1. The minimum atomic E-state index is 0.212. The summed E-state index contributed by atoms with van der Waals surface area (Å²) in [6.07, 6.45) is 2.93. The molecule has 2 nitrogen and oxygen atoms in total. The monoisotopic (exact) mass is 275 g/mol. The molecular weight excluding hydrogens is 246 g/mol. The number of rotatable bonds is 6. The van der Waals surface area contributed by atoms with Crippen LogP contribution in [0.5, 0.6) is 0 Å². The summed E-state index contributed by atoms with van der Waals surface area (Å²) >= 11 is 0. The number of benzene rings is 1. The summed E-state index contributed by atoms with van der Waals surface area (Å²) in [6, 6.07) is 9.34. The normalized spacial score (nSPS) is 18.9. The van der Waals surface area contributed by atoms with Gasteiger partial charge in [0.1, 0.15) is 0 Å². The second-order valence-electron chi connectivity index (χ2n) is 6.90. The van der Waals surface area contributed by atoms with Crippen LogP contribution < -0.4 is 5.32 Å². The van der Waals surface area contributed by atoms with Crippen LogP contribution in [0.3, 0.4) is 0 Å². The summed E-state index contributed by atoms with van der Waals surface area (Å²) in [5.74, 6) is 0.731. The van der Waals surface area contributed by atoms with Gasteiger partial charge in [-0.15, -0.1) is 0 Å². The molecule has 2 heteroatoms. The van der Waals surface area contributed by atoms with Crippen molar-refractivity contribution in [3.05, 3.63) is 35.4 Å². The van der Waals surface area contributed by atoms with E-state index in [4.69, 9.17) is 4.74 Å². The Hall–Kier alpha value is -0.860. The number of nitrogens with one attached hydrogen (secondary N) is 1. The molecule has 0 bridgehead atoms. The van der Waals surface area contributed by atoms with E-state index in [2.05, 4.69) is 57.3 Å². The molecule has 1 saturated carbocycles. The average molecular weight is 275 g/mol. The molecule has 0 radical (unpaired) electrons. The van der Waals surface area contributed by atoms with Gasteiger partial charge >= 0.3 is 0 Å². The van der Waals surface area contributed by atoms with Gasteiger partial charge in [-0.05, 0) is 49.3 Å². The van der Waals surface area contributed by atoms with Crippen molar-refractivity contribution >= 4 is 0 Å². The molecule has 2 rings (SSSR count). The molecular formula is C18H29NO. The van der Waals surface area contributed by atoms with E-state index in [1.165, 1.54) is 24.0 Å². The highest BCUT2D eigenvalue weighted by Crippen LogP contribution is 2.40. The maximum Gasteiger partial charge on any atom is 0.0797 e. The maximum absolute atomic E-state index is 6.01. The Morgan fingerprint density at radius 2 is 1.80 bits per heavy atom.